The number of hydrogen-bond donors (Lipinski definition) is 2. The minimum Gasteiger partial charge on any atom is -0.488 e. The lowest BCUT2D eigenvalue weighted by Gasteiger charge is -2.26. The van der Waals surface area contributed by atoms with Gasteiger partial charge in [-0.2, -0.15) is 0 Å². The van der Waals surface area contributed by atoms with E-state index in [0.29, 0.717) is 19.2 Å². The number of rotatable bonds is 10. The smallest absolute Gasteiger partial charge is 0.191 e. The second kappa shape index (κ2) is 12.7. The molecule has 0 amide bonds. The molecule has 7 heteroatoms. The van der Waals surface area contributed by atoms with E-state index in [9.17, 15) is 0 Å². The van der Waals surface area contributed by atoms with E-state index < -0.39 is 0 Å². The topological polar surface area (TPSA) is 58.1 Å². The van der Waals surface area contributed by atoms with Crippen LogP contribution in [0.15, 0.2) is 23.2 Å². The van der Waals surface area contributed by atoms with Crippen LogP contribution in [-0.4, -0.2) is 61.9 Å². The van der Waals surface area contributed by atoms with E-state index in [4.69, 9.17) is 14.5 Å². The van der Waals surface area contributed by atoms with E-state index >= 15 is 0 Å². The molecule has 1 aliphatic heterocycles. The molecule has 2 aliphatic rings. The lowest BCUT2D eigenvalue weighted by atomic mass is 10.1. The number of aliphatic imine (C=N–C) groups is 1. The van der Waals surface area contributed by atoms with Crippen molar-refractivity contribution in [2.75, 3.05) is 32.8 Å². The first-order chi connectivity index (χ1) is 14.1. The first-order valence-corrected chi connectivity index (χ1v) is 11.2. The Labute approximate surface area is 199 Å². The monoisotopic (exact) mass is 530 g/mol. The maximum Gasteiger partial charge on any atom is 0.191 e. The molecule has 2 N–H and O–H groups in total. The van der Waals surface area contributed by atoms with Crippen LogP contribution in [0.2, 0.25) is 0 Å². The number of hydrogen-bond acceptors (Lipinski definition) is 4. The predicted molar refractivity (Wildman–Crippen MR) is 134 cm³/mol. The molecular formula is C23H39IN4O2. The van der Waals surface area contributed by atoms with Crippen LogP contribution in [0.1, 0.15) is 51.2 Å². The SMILES string of the molecule is CCNC(=NCc1ccc(C)cc1OC1CCOC1)NCCN(C(C)C)C1CC1.I. The summed E-state index contributed by atoms with van der Waals surface area (Å²) in [4.78, 5) is 7.40. The van der Waals surface area contributed by atoms with Gasteiger partial charge in [-0.05, 0) is 52.2 Å². The summed E-state index contributed by atoms with van der Waals surface area (Å²) in [6.45, 7) is 13.6. The van der Waals surface area contributed by atoms with Crippen molar-refractivity contribution in [3.63, 3.8) is 0 Å². The van der Waals surface area contributed by atoms with Crippen molar-refractivity contribution in [3.8, 4) is 5.75 Å². The number of nitrogens with one attached hydrogen (secondary N) is 2. The molecule has 30 heavy (non-hydrogen) atoms. The highest BCUT2D eigenvalue weighted by molar-refractivity contribution is 14.0. The molecule has 0 bridgehead atoms. The second-order valence-corrected chi connectivity index (χ2v) is 8.40. The summed E-state index contributed by atoms with van der Waals surface area (Å²) in [6.07, 6.45) is 3.78. The van der Waals surface area contributed by atoms with E-state index in [1.807, 2.05) is 0 Å². The van der Waals surface area contributed by atoms with E-state index in [-0.39, 0.29) is 30.1 Å². The first-order valence-electron chi connectivity index (χ1n) is 11.2. The van der Waals surface area contributed by atoms with Gasteiger partial charge in [0.2, 0.25) is 0 Å². The average molecular weight is 530 g/mol. The van der Waals surface area contributed by atoms with Gasteiger partial charge < -0.3 is 20.1 Å². The van der Waals surface area contributed by atoms with Crippen LogP contribution in [-0.2, 0) is 11.3 Å². The molecule has 0 radical (unpaired) electrons. The summed E-state index contributed by atoms with van der Waals surface area (Å²) in [5.74, 6) is 1.79. The number of benzene rings is 1. The number of ether oxygens (including phenoxy) is 2. The van der Waals surface area contributed by atoms with Gasteiger partial charge in [0, 0.05) is 43.7 Å². The fourth-order valence-electron chi connectivity index (χ4n) is 3.77. The number of nitrogens with zero attached hydrogens (tertiary/aromatic N) is 2. The zero-order chi connectivity index (χ0) is 20.6. The molecule has 6 nitrogen and oxygen atoms in total. The van der Waals surface area contributed by atoms with Crippen LogP contribution in [0.4, 0.5) is 0 Å². The fraction of sp³-hybridized carbons (Fsp3) is 0.696. The Morgan fingerprint density at radius 2 is 2.07 bits per heavy atom. The molecule has 170 valence electrons. The molecule has 3 rings (SSSR count). The molecule has 1 atom stereocenters. The van der Waals surface area contributed by atoms with E-state index in [1.54, 1.807) is 0 Å². The molecule has 1 aromatic carbocycles. The predicted octanol–water partition coefficient (Wildman–Crippen LogP) is 3.71. The van der Waals surface area contributed by atoms with Gasteiger partial charge in [0.05, 0.1) is 19.8 Å². The average Bonchev–Trinajstić information content (AvgIpc) is 3.39. The molecule has 1 heterocycles. The van der Waals surface area contributed by atoms with Gasteiger partial charge in [-0.25, -0.2) is 4.99 Å². The number of halogens is 1. The minimum atomic E-state index is 0. The van der Waals surface area contributed by atoms with Crippen molar-refractivity contribution in [1.82, 2.24) is 15.5 Å². The summed E-state index contributed by atoms with van der Waals surface area (Å²) < 4.78 is 11.7. The summed E-state index contributed by atoms with van der Waals surface area (Å²) in [7, 11) is 0. The van der Waals surface area contributed by atoms with Crippen molar-refractivity contribution < 1.29 is 9.47 Å². The molecule has 0 aromatic heterocycles. The summed E-state index contributed by atoms with van der Waals surface area (Å²) in [5, 5.41) is 6.86. The van der Waals surface area contributed by atoms with E-state index in [0.717, 1.165) is 56.0 Å². The molecule has 0 spiro atoms. The van der Waals surface area contributed by atoms with Crippen LogP contribution in [0, 0.1) is 6.92 Å². The quantitative estimate of drug-likeness (QED) is 0.275. The summed E-state index contributed by atoms with van der Waals surface area (Å²) in [5.41, 5.74) is 2.31. The molecule has 2 fully saturated rings. The lowest BCUT2D eigenvalue weighted by Crippen LogP contribution is -2.43. The third-order valence-corrected chi connectivity index (χ3v) is 5.50. The maximum atomic E-state index is 6.21. The highest BCUT2D eigenvalue weighted by Crippen LogP contribution is 2.28. The third-order valence-electron chi connectivity index (χ3n) is 5.50. The van der Waals surface area contributed by atoms with E-state index in [1.165, 1.54) is 18.4 Å². The van der Waals surface area contributed by atoms with Gasteiger partial charge in [0.25, 0.3) is 0 Å². The Balaban J connectivity index is 0.00000320. The third kappa shape index (κ3) is 7.89. The zero-order valence-electron chi connectivity index (χ0n) is 18.9. The van der Waals surface area contributed by atoms with Gasteiger partial charge in [-0.15, -0.1) is 24.0 Å². The number of aryl methyl sites for hydroxylation is 1. The Hall–Kier alpha value is -1.06. The fourth-order valence-corrected chi connectivity index (χ4v) is 3.77. The van der Waals surface area contributed by atoms with Crippen LogP contribution >= 0.6 is 24.0 Å². The Morgan fingerprint density at radius 1 is 1.27 bits per heavy atom. The van der Waals surface area contributed by atoms with Gasteiger partial charge >= 0.3 is 0 Å². The van der Waals surface area contributed by atoms with Crippen molar-refractivity contribution in [3.05, 3.63) is 29.3 Å². The van der Waals surface area contributed by atoms with Crippen LogP contribution in [0.3, 0.4) is 0 Å². The minimum absolute atomic E-state index is 0. The molecule has 1 aliphatic carbocycles. The van der Waals surface area contributed by atoms with Gasteiger partial charge in [0.1, 0.15) is 11.9 Å². The highest BCUT2D eigenvalue weighted by atomic mass is 127. The van der Waals surface area contributed by atoms with Crippen molar-refractivity contribution in [2.45, 2.75) is 71.7 Å². The molecule has 1 aromatic rings. The van der Waals surface area contributed by atoms with Crippen LogP contribution < -0.4 is 15.4 Å². The lowest BCUT2D eigenvalue weighted by molar-refractivity contribution is 0.140. The van der Waals surface area contributed by atoms with Crippen molar-refractivity contribution in [1.29, 1.82) is 0 Å². The standard InChI is InChI=1S/C23H38N4O2.HI/c1-5-24-23(25-11-12-27(17(2)3)20-8-9-20)26-15-19-7-6-18(4)14-22(19)29-21-10-13-28-16-21;/h6-7,14,17,20-21H,5,8-13,15-16H2,1-4H3,(H2,24,25,26);1H. The summed E-state index contributed by atoms with van der Waals surface area (Å²) >= 11 is 0. The largest absolute Gasteiger partial charge is 0.488 e. The van der Waals surface area contributed by atoms with Crippen molar-refractivity contribution >= 4 is 29.9 Å². The molecule has 1 unspecified atom stereocenters. The Bertz CT molecular complexity index is 671. The molecule has 1 saturated heterocycles. The first kappa shape index (κ1) is 25.2. The van der Waals surface area contributed by atoms with E-state index in [2.05, 4.69) is 61.4 Å². The van der Waals surface area contributed by atoms with Gasteiger partial charge in [0.15, 0.2) is 5.96 Å². The number of guanidine groups is 1. The second-order valence-electron chi connectivity index (χ2n) is 8.40. The normalized spacial score (nSPS) is 19.1. The molecule has 1 saturated carbocycles. The molecular weight excluding hydrogens is 491 g/mol. The zero-order valence-corrected chi connectivity index (χ0v) is 21.3. The maximum absolute atomic E-state index is 6.21. The Morgan fingerprint density at radius 3 is 2.70 bits per heavy atom. The highest BCUT2D eigenvalue weighted by Gasteiger charge is 2.30. The van der Waals surface area contributed by atoms with Crippen LogP contribution in [0.5, 0.6) is 5.75 Å². The van der Waals surface area contributed by atoms with Crippen molar-refractivity contribution in [2.24, 2.45) is 4.99 Å². The van der Waals surface area contributed by atoms with Gasteiger partial charge in [-0.3, -0.25) is 4.90 Å². The van der Waals surface area contributed by atoms with Gasteiger partial charge in [-0.1, -0.05) is 12.1 Å². The summed E-state index contributed by atoms with van der Waals surface area (Å²) in [6, 6.07) is 7.74. The van der Waals surface area contributed by atoms with Crippen LogP contribution in [0.25, 0.3) is 0 Å². The Kier molecular flexibility index (Phi) is 10.7.